The van der Waals surface area contributed by atoms with Crippen molar-refractivity contribution in [2.45, 2.75) is 39.5 Å². The Morgan fingerprint density at radius 1 is 1.32 bits per heavy atom. The molecule has 3 atom stereocenters. The zero-order valence-electron chi connectivity index (χ0n) is 13.6. The number of fused-ring (bicyclic) bond motifs is 1. The number of ether oxygens (including phenoxy) is 1. The van der Waals surface area contributed by atoms with Crippen molar-refractivity contribution in [2.24, 2.45) is 22.4 Å². The summed E-state index contributed by atoms with van der Waals surface area (Å²) < 4.78 is 5.14. The van der Waals surface area contributed by atoms with Crippen LogP contribution < -0.4 is 10.2 Å². The molecule has 0 spiro atoms. The van der Waals surface area contributed by atoms with Crippen LogP contribution in [0.3, 0.4) is 0 Å². The van der Waals surface area contributed by atoms with E-state index in [0.717, 1.165) is 17.0 Å². The van der Waals surface area contributed by atoms with Crippen LogP contribution in [-0.4, -0.2) is 18.7 Å². The lowest BCUT2D eigenvalue weighted by atomic mass is 9.90. The fraction of sp³-hybridized carbons (Fsp3) is 0.556. The van der Waals surface area contributed by atoms with E-state index in [0.29, 0.717) is 5.92 Å². The van der Waals surface area contributed by atoms with E-state index in [1.165, 1.54) is 25.7 Å². The number of benzene rings is 1. The number of rotatable bonds is 4. The number of hydrogen-bond acceptors (Lipinski definition) is 3. The Morgan fingerprint density at radius 3 is 2.64 bits per heavy atom. The van der Waals surface area contributed by atoms with Crippen molar-refractivity contribution in [2.75, 3.05) is 7.11 Å². The van der Waals surface area contributed by atoms with Gasteiger partial charge in [0.1, 0.15) is 5.75 Å². The minimum Gasteiger partial charge on any atom is -0.497 e. The van der Waals surface area contributed by atoms with E-state index in [2.05, 4.69) is 17.5 Å². The van der Waals surface area contributed by atoms with Crippen molar-refractivity contribution in [1.29, 1.82) is 0 Å². The van der Waals surface area contributed by atoms with Gasteiger partial charge in [-0.25, -0.2) is 5.43 Å². The average molecular weight is 300 g/mol. The predicted molar refractivity (Wildman–Crippen MR) is 86.9 cm³/mol. The first-order valence-corrected chi connectivity index (χ1v) is 8.05. The maximum absolute atomic E-state index is 12.4. The Balaban J connectivity index is 1.62. The first-order valence-electron chi connectivity index (χ1n) is 8.05. The summed E-state index contributed by atoms with van der Waals surface area (Å²) in [5.74, 6) is 1.62. The van der Waals surface area contributed by atoms with E-state index >= 15 is 0 Å². The summed E-state index contributed by atoms with van der Waals surface area (Å²) in [7, 11) is 1.64. The molecule has 0 unspecified atom stereocenters. The standard InChI is InChI=1S/C18H24N2O2/c1-12(13-7-9-14(22-3)10-8-13)19-20-17(21)16-15-6-4-5-11-18(15,16)2/h7-10,15-16H,4-6,11H2,1-3H3,(H,20,21)/b19-12-/t15-,16+,18+/m1/s1. The lowest BCUT2D eigenvalue weighted by Gasteiger charge is -2.15. The van der Waals surface area contributed by atoms with Gasteiger partial charge in [-0.2, -0.15) is 5.10 Å². The summed E-state index contributed by atoms with van der Waals surface area (Å²) in [4.78, 5) is 12.4. The minimum absolute atomic E-state index is 0.0854. The van der Waals surface area contributed by atoms with Gasteiger partial charge < -0.3 is 4.74 Å². The molecule has 4 heteroatoms. The van der Waals surface area contributed by atoms with Gasteiger partial charge in [-0.1, -0.05) is 19.8 Å². The molecule has 118 valence electrons. The van der Waals surface area contributed by atoms with Crippen LogP contribution in [0.2, 0.25) is 0 Å². The first-order chi connectivity index (χ1) is 10.6. The highest BCUT2D eigenvalue weighted by molar-refractivity contribution is 5.99. The Kier molecular flexibility index (Phi) is 3.94. The molecule has 4 nitrogen and oxygen atoms in total. The van der Waals surface area contributed by atoms with Crippen LogP contribution in [0, 0.1) is 17.3 Å². The Bertz CT molecular complexity index is 594. The lowest BCUT2D eigenvalue weighted by Crippen LogP contribution is -2.23. The molecule has 0 aromatic heterocycles. The third-order valence-corrected chi connectivity index (χ3v) is 5.46. The Hall–Kier alpha value is -1.84. The summed E-state index contributed by atoms with van der Waals surface area (Å²) >= 11 is 0. The highest BCUT2D eigenvalue weighted by atomic mass is 16.5. The SMILES string of the molecule is COc1ccc(/C(C)=N\NC(=O)[C@@H]2[C@H]3CCCC[C@@]32C)cc1. The van der Waals surface area contributed by atoms with Crippen LogP contribution in [0.5, 0.6) is 5.75 Å². The molecule has 1 aromatic rings. The molecule has 0 saturated heterocycles. The summed E-state index contributed by atoms with van der Waals surface area (Å²) in [6, 6.07) is 7.68. The van der Waals surface area contributed by atoms with E-state index in [1.807, 2.05) is 31.2 Å². The van der Waals surface area contributed by atoms with Gasteiger partial charge in [0, 0.05) is 5.92 Å². The molecule has 0 radical (unpaired) electrons. The second-order valence-corrected chi connectivity index (χ2v) is 6.74. The molecule has 0 heterocycles. The monoisotopic (exact) mass is 300 g/mol. The van der Waals surface area contributed by atoms with Gasteiger partial charge in [0.15, 0.2) is 0 Å². The van der Waals surface area contributed by atoms with E-state index in [4.69, 9.17) is 4.74 Å². The van der Waals surface area contributed by atoms with Crippen molar-refractivity contribution in [1.82, 2.24) is 5.43 Å². The molecule has 2 saturated carbocycles. The van der Waals surface area contributed by atoms with Gasteiger partial charge in [0.25, 0.3) is 0 Å². The molecule has 1 N–H and O–H groups in total. The topological polar surface area (TPSA) is 50.7 Å². The molecule has 2 fully saturated rings. The molecule has 0 bridgehead atoms. The fourth-order valence-corrected chi connectivity index (χ4v) is 3.96. The van der Waals surface area contributed by atoms with Crippen LogP contribution in [0.25, 0.3) is 0 Å². The van der Waals surface area contributed by atoms with E-state index in [1.54, 1.807) is 7.11 Å². The molecule has 3 rings (SSSR count). The maximum Gasteiger partial charge on any atom is 0.244 e. The first kappa shape index (κ1) is 15.1. The Labute approximate surface area is 131 Å². The van der Waals surface area contributed by atoms with Gasteiger partial charge in [-0.15, -0.1) is 0 Å². The number of carbonyl (C=O) groups is 1. The van der Waals surface area contributed by atoms with E-state index in [-0.39, 0.29) is 17.2 Å². The van der Waals surface area contributed by atoms with Crippen LogP contribution >= 0.6 is 0 Å². The molecule has 1 aromatic carbocycles. The summed E-state index contributed by atoms with van der Waals surface area (Å²) in [5.41, 5.74) is 4.80. The van der Waals surface area contributed by atoms with Crippen LogP contribution in [0.15, 0.2) is 29.4 Å². The van der Waals surface area contributed by atoms with E-state index in [9.17, 15) is 4.79 Å². The minimum atomic E-state index is 0.0854. The molecule has 2 aliphatic rings. The maximum atomic E-state index is 12.4. The molecule has 0 aliphatic heterocycles. The van der Waals surface area contributed by atoms with Gasteiger partial charge in [0.2, 0.25) is 5.91 Å². The van der Waals surface area contributed by atoms with Crippen LogP contribution in [0.4, 0.5) is 0 Å². The Morgan fingerprint density at radius 2 is 2.05 bits per heavy atom. The lowest BCUT2D eigenvalue weighted by molar-refractivity contribution is -0.123. The number of carbonyl (C=O) groups excluding carboxylic acids is 1. The summed E-state index contributed by atoms with van der Waals surface area (Å²) in [6.07, 6.45) is 4.88. The predicted octanol–water partition coefficient (Wildman–Crippen LogP) is 3.36. The van der Waals surface area contributed by atoms with Crippen LogP contribution in [-0.2, 0) is 4.79 Å². The number of nitrogens with one attached hydrogen (secondary N) is 1. The third kappa shape index (κ3) is 2.62. The smallest absolute Gasteiger partial charge is 0.244 e. The van der Waals surface area contributed by atoms with E-state index < -0.39 is 0 Å². The highest BCUT2D eigenvalue weighted by Crippen LogP contribution is 2.66. The normalized spacial score (nSPS) is 30.4. The van der Waals surface area contributed by atoms with Gasteiger partial charge in [0.05, 0.1) is 12.8 Å². The average Bonchev–Trinajstić information content (AvgIpc) is 3.18. The highest BCUT2D eigenvalue weighted by Gasteiger charge is 2.64. The number of hydrogen-bond donors (Lipinski definition) is 1. The van der Waals surface area contributed by atoms with Gasteiger partial charge in [-0.05, 0) is 60.9 Å². The molecule has 1 amide bonds. The number of methoxy groups -OCH3 is 1. The van der Waals surface area contributed by atoms with Crippen molar-refractivity contribution in [3.63, 3.8) is 0 Å². The van der Waals surface area contributed by atoms with Crippen molar-refractivity contribution >= 4 is 11.6 Å². The zero-order valence-corrected chi connectivity index (χ0v) is 13.6. The molecular formula is C18H24N2O2. The van der Waals surface area contributed by atoms with Gasteiger partial charge in [-0.3, -0.25) is 4.79 Å². The number of hydrazone groups is 1. The number of amides is 1. The number of nitrogens with zero attached hydrogens (tertiary/aromatic N) is 1. The zero-order chi connectivity index (χ0) is 15.7. The molecular weight excluding hydrogens is 276 g/mol. The summed E-state index contributed by atoms with van der Waals surface area (Å²) in [5, 5.41) is 4.28. The molecule has 2 aliphatic carbocycles. The largest absolute Gasteiger partial charge is 0.497 e. The van der Waals surface area contributed by atoms with Crippen LogP contribution in [0.1, 0.15) is 45.1 Å². The van der Waals surface area contributed by atoms with Crippen molar-refractivity contribution in [3.05, 3.63) is 29.8 Å². The summed E-state index contributed by atoms with van der Waals surface area (Å²) in [6.45, 7) is 4.16. The second-order valence-electron chi connectivity index (χ2n) is 6.74. The third-order valence-electron chi connectivity index (χ3n) is 5.46. The fourth-order valence-electron chi connectivity index (χ4n) is 3.96. The van der Waals surface area contributed by atoms with Crippen molar-refractivity contribution < 1.29 is 9.53 Å². The molecule has 22 heavy (non-hydrogen) atoms. The van der Waals surface area contributed by atoms with Gasteiger partial charge >= 0.3 is 0 Å². The second kappa shape index (κ2) is 5.75. The van der Waals surface area contributed by atoms with Crippen molar-refractivity contribution in [3.8, 4) is 5.75 Å². The quantitative estimate of drug-likeness (QED) is 0.684.